The quantitative estimate of drug-likeness (QED) is 0.615. The number of likely N-dealkylation sites (tertiary alicyclic amines) is 1. The van der Waals surface area contributed by atoms with Gasteiger partial charge in [0.25, 0.3) is 5.56 Å². The molecule has 0 aliphatic carbocycles. The second kappa shape index (κ2) is 9.27. The van der Waals surface area contributed by atoms with Gasteiger partial charge in [0.05, 0.1) is 12.2 Å². The Morgan fingerprint density at radius 1 is 1.30 bits per heavy atom. The minimum atomic E-state index is -0.395. The largest absolute Gasteiger partial charge is 0.448 e. The molecule has 2 amide bonds. The van der Waals surface area contributed by atoms with Crippen molar-refractivity contribution < 1.29 is 14.0 Å². The molecule has 0 radical (unpaired) electrons. The Balaban J connectivity index is 0.00000256. The van der Waals surface area contributed by atoms with E-state index in [1.807, 2.05) is 18.2 Å². The lowest BCUT2D eigenvalue weighted by Crippen LogP contribution is -2.47. The van der Waals surface area contributed by atoms with E-state index in [0.717, 1.165) is 18.2 Å². The van der Waals surface area contributed by atoms with Gasteiger partial charge in [0.2, 0.25) is 17.4 Å². The molecule has 0 spiro atoms. The van der Waals surface area contributed by atoms with Crippen LogP contribution in [0, 0.1) is 5.92 Å². The van der Waals surface area contributed by atoms with E-state index in [1.54, 1.807) is 11.0 Å². The Labute approximate surface area is 178 Å². The molecule has 1 aliphatic heterocycles. The Kier molecular flexibility index (Phi) is 6.73. The highest BCUT2D eigenvalue weighted by molar-refractivity contribution is 6.01. The standard InChI is InChI=1S/C20H23N5O4.ClH/c21-7-8-22-19(27)13-4-3-9-24(10-13)16(26)11-25-12-23-17-14-5-1-2-6-15(14)29-18(17)20(25)28;/h1-2,5-6,12-13H,3-4,7-11,21H2,(H,22,27);1H. The van der Waals surface area contributed by atoms with Crippen molar-refractivity contribution in [3.63, 3.8) is 0 Å². The lowest BCUT2D eigenvalue weighted by molar-refractivity contribution is -0.136. The molecule has 9 nitrogen and oxygen atoms in total. The third-order valence-corrected chi connectivity index (χ3v) is 5.24. The first-order chi connectivity index (χ1) is 14.1. The number of hydrogen-bond donors (Lipinski definition) is 2. The van der Waals surface area contributed by atoms with Gasteiger partial charge < -0.3 is 20.4 Å². The van der Waals surface area contributed by atoms with E-state index in [4.69, 9.17) is 10.2 Å². The number of halogens is 1. The summed E-state index contributed by atoms with van der Waals surface area (Å²) in [5, 5.41) is 3.54. The monoisotopic (exact) mass is 433 g/mol. The van der Waals surface area contributed by atoms with Crippen molar-refractivity contribution >= 4 is 46.3 Å². The van der Waals surface area contributed by atoms with Crippen molar-refractivity contribution in [2.45, 2.75) is 19.4 Å². The Bertz CT molecular complexity index is 1130. The summed E-state index contributed by atoms with van der Waals surface area (Å²) in [6.45, 7) is 1.55. The van der Waals surface area contributed by atoms with Gasteiger partial charge in [-0.25, -0.2) is 4.98 Å². The molecule has 3 N–H and O–H groups in total. The maximum Gasteiger partial charge on any atom is 0.297 e. The van der Waals surface area contributed by atoms with Crippen LogP contribution in [-0.4, -0.2) is 52.4 Å². The third-order valence-electron chi connectivity index (χ3n) is 5.24. The summed E-state index contributed by atoms with van der Waals surface area (Å²) in [5.41, 5.74) is 6.24. The molecule has 1 aromatic carbocycles. The van der Waals surface area contributed by atoms with Gasteiger partial charge in [0, 0.05) is 31.6 Å². The van der Waals surface area contributed by atoms with Gasteiger partial charge in [0.15, 0.2) is 0 Å². The summed E-state index contributed by atoms with van der Waals surface area (Å²) in [4.78, 5) is 43.7. The first-order valence-electron chi connectivity index (χ1n) is 9.70. The predicted octanol–water partition coefficient (Wildman–Crippen LogP) is 0.878. The Morgan fingerprint density at radius 2 is 2.10 bits per heavy atom. The van der Waals surface area contributed by atoms with Gasteiger partial charge in [-0.2, -0.15) is 0 Å². The van der Waals surface area contributed by atoms with Crippen LogP contribution >= 0.6 is 12.4 Å². The number of nitrogens with zero attached hydrogens (tertiary/aromatic N) is 3. The predicted molar refractivity (Wildman–Crippen MR) is 114 cm³/mol. The normalized spacial score (nSPS) is 16.4. The highest BCUT2D eigenvalue weighted by Gasteiger charge is 2.28. The van der Waals surface area contributed by atoms with E-state index in [9.17, 15) is 14.4 Å². The van der Waals surface area contributed by atoms with Crippen molar-refractivity contribution in [1.82, 2.24) is 19.8 Å². The average molecular weight is 434 g/mol. The molecule has 1 aliphatic rings. The number of nitrogens with one attached hydrogen (secondary N) is 1. The summed E-state index contributed by atoms with van der Waals surface area (Å²) in [7, 11) is 0. The topological polar surface area (TPSA) is 123 Å². The van der Waals surface area contributed by atoms with Crippen LogP contribution in [0.15, 0.2) is 39.8 Å². The highest BCUT2D eigenvalue weighted by atomic mass is 35.5. The van der Waals surface area contributed by atoms with E-state index in [0.29, 0.717) is 37.3 Å². The van der Waals surface area contributed by atoms with Crippen molar-refractivity contribution in [2.75, 3.05) is 26.2 Å². The zero-order valence-electron chi connectivity index (χ0n) is 16.4. The fourth-order valence-corrected chi connectivity index (χ4v) is 3.73. The molecule has 0 saturated carbocycles. The molecular formula is C20H24ClN5O4. The molecule has 10 heteroatoms. The maximum absolute atomic E-state index is 12.8. The second-order valence-electron chi connectivity index (χ2n) is 7.21. The first-order valence-corrected chi connectivity index (χ1v) is 9.70. The van der Waals surface area contributed by atoms with Crippen LogP contribution in [0.2, 0.25) is 0 Å². The molecule has 30 heavy (non-hydrogen) atoms. The van der Waals surface area contributed by atoms with Crippen LogP contribution in [0.5, 0.6) is 0 Å². The number of fused-ring (bicyclic) bond motifs is 3. The van der Waals surface area contributed by atoms with Crippen LogP contribution in [0.4, 0.5) is 0 Å². The van der Waals surface area contributed by atoms with Crippen molar-refractivity contribution in [1.29, 1.82) is 0 Å². The molecule has 2 aromatic heterocycles. The molecule has 1 atom stereocenters. The second-order valence-corrected chi connectivity index (χ2v) is 7.21. The minimum absolute atomic E-state index is 0. The van der Waals surface area contributed by atoms with Gasteiger partial charge in [-0.05, 0) is 25.0 Å². The molecule has 1 saturated heterocycles. The number of amides is 2. The number of aromatic nitrogens is 2. The number of furan rings is 1. The molecule has 0 bridgehead atoms. The zero-order valence-corrected chi connectivity index (χ0v) is 17.2. The van der Waals surface area contributed by atoms with Gasteiger partial charge >= 0.3 is 0 Å². The first kappa shape index (κ1) is 21.8. The van der Waals surface area contributed by atoms with Crippen LogP contribution in [0.25, 0.3) is 22.1 Å². The molecule has 1 unspecified atom stereocenters. The Morgan fingerprint density at radius 3 is 2.90 bits per heavy atom. The smallest absolute Gasteiger partial charge is 0.297 e. The van der Waals surface area contributed by atoms with Crippen LogP contribution in [0.1, 0.15) is 12.8 Å². The summed E-state index contributed by atoms with van der Waals surface area (Å²) in [5.74, 6) is -0.567. The Hall–Kier alpha value is -2.91. The number of carbonyl (C=O) groups is 2. The molecule has 3 heterocycles. The fourth-order valence-electron chi connectivity index (χ4n) is 3.73. The van der Waals surface area contributed by atoms with Crippen molar-refractivity contribution in [3.05, 3.63) is 40.9 Å². The number of benzene rings is 1. The summed E-state index contributed by atoms with van der Waals surface area (Å²) in [6.07, 6.45) is 2.84. The fraction of sp³-hybridized carbons (Fsp3) is 0.400. The van der Waals surface area contributed by atoms with E-state index in [-0.39, 0.29) is 42.3 Å². The van der Waals surface area contributed by atoms with Crippen LogP contribution < -0.4 is 16.6 Å². The minimum Gasteiger partial charge on any atom is -0.448 e. The molecule has 1 fully saturated rings. The molecule has 4 rings (SSSR count). The van der Waals surface area contributed by atoms with E-state index in [2.05, 4.69) is 10.3 Å². The average Bonchev–Trinajstić information content (AvgIpc) is 3.13. The van der Waals surface area contributed by atoms with Crippen LogP contribution in [-0.2, 0) is 16.1 Å². The van der Waals surface area contributed by atoms with Gasteiger partial charge in [-0.1, -0.05) is 12.1 Å². The van der Waals surface area contributed by atoms with E-state index in [1.165, 1.54) is 10.9 Å². The molecule has 3 aromatic rings. The van der Waals surface area contributed by atoms with Gasteiger partial charge in [-0.3, -0.25) is 19.0 Å². The van der Waals surface area contributed by atoms with Gasteiger partial charge in [-0.15, -0.1) is 12.4 Å². The van der Waals surface area contributed by atoms with E-state index < -0.39 is 5.56 Å². The van der Waals surface area contributed by atoms with Crippen molar-refractivity contribution in [3.8, 4) is 0 Å². The van der Waals surface area contributed by atoms with E-state index >= 15 is 0 Å². The lowest BCUT2D eigenvalue weighted by Gasteiger charge is -2.32. The lowest BCUT2D eigenvalue weighted by atomic mass is 9.97. The summed E-state index contributed by atoms with van der Waals surface area (Å²) >= 11 is 0. The molecular weight excluding hydrogens is 410 g/mol. The number of rotatable bonds is 5. The SMILES string of the molecule is Cl.NCCNC(=O)C1CCCN(C(=O)Cn2cnc3c(oc4ccccc43)c2=O)C1. The summed E-state index contributed by atoms with van der Waals surface area (Å²) in [6, 6.07) is 7.29. The molecule has 160 valence electrons. The van der Waals surface area contributed by atoms with Crippen molar-refractivity contribution in [2.24, 2.45) is 11.7 Å². The number of carbonyl (C=O) groups excluding carboxylic acids is 2. The number of hydrogen-bond acceptors (Lipinski definition) is 6. The number of piperidine rings is 1. The third kappa shape index (κ3) is 4.17. The highest BCUT2D eigenvalue weighted by Crippen LogP contribution is 2.24. The van der Waals surface area contributed by atoms with Crippen LogP contribution in [0.3, 0.4) is 0 Å². The van der Waals surface area contributed by atoms with Gasteiger partial charge in [0.1, 0.15) is 17.6 Å². The number of nitrogens with two attached hydrogens (primary N) is 1. The summed E-state index contributed by atoms with van der Waals surface area (Å²) < 4.78 is 6.91. The maximum atomic E-state index is 12.8. The zero-order chi connectivity index (χ0) is 20.4. The number of para-hydroxylation sites is 1.